The molecule has 1 saturated heterocycles. The average molecular weight is 240 g/mol. The van der Waals surface area contributed by atoms with Crippen LogP contribution >= 0.6 is 11.6 Å². The minimum absolute atomic E-state index is 0.711. The van der Waals surface area contributed by atoms with Gasteiger partial charge >= 0.3 is 0 Å². The molecule has 0 radical (unpaired) electrons. The van der Waals surface area contributed by atoms with E-state index in [0.29, 0.717) is 5.92 Å². The summed E-state index contributed by atoms with van der Waals surface area (Å²) in [4.78, 5) is 0. The van der Waals surface area contributed by atoms with E-state index in [1.54, 1.807) is 7.11 Å². The van der Waals surface area contributed by atoms with Crippen molar-refractivity contribution in [2.24, 2.45) is 5.92 Å². The highest BCUT2D eigenvalue weighted by Crippen LogP contribution is 2.32. The van der Waals surface area contributed by atoms with Crippen molar-refractivity contribution >= 4 is 11.6 Å². The van der Waals surface area contributed by atoms with E-state index in [0.717, 1.165) is 30.3 Å². The van der Waals surface area contributed by atoms with Gasteiger partial charge < -0.3 is 10.1 Å². The topological polar surface area (TPSA) is 21.3 Å². The molecule has 16 heavy (non-hydrogen) atoms. The zero-order valence-corrected chi connectivity index (χ0v) is 10.6. The summed E-state index contributed by atoms with van der Waals surface area (Å²) in [5.74, 6) is 1.50. The molecule has 1 aliphatic rings. The van der Waals surface area contributed by atoms with Crippen molar-refractivity contribution in [2.45, 2.75) is 19.8 Å². The summed E-state index contributed by atoms with van der Waals surface area (Å²) in [7, 11) is 1.66. The van der Waals surface area contributed by atoms with Gasteiger partial charge in [0, 0.05) is 0 Å². The van der Waals surface area contributed by atoms with E-state index >= 15 is 0 Å². The van der Waals surface area contributed by atoms with Crippen LogP contribution in [0.4, 0.5) is 0 Å². The molecule has 1 unspecified atom stereocenters. The molecule has 3 heteroatoms. The fourth-order valence-corrected chi connectivity index (χ4v) is 2.65. The fraction of sp³-hybridized carbons (Fsp3) is 0.538. The molecular weight excluding hydrogens is 222 g/mol. The lowest BCUT2D eigenvalue weighted by Crippen LogP contribution is -2.11. The number of methoxy groups -OCH3 is 1. The first-order valence-electron chi connectivity index (χ1n) is 5.75. The highest BCUT2D eigenvalue weighted by molar-refractivity contribution is 6.33. The Kier molecular flexibility index (Phi) is 3.72. The van der Waals surface area contributed by atoms with Crippen molar-refractivity contribution in [3.8, 4) is 5.75 Å². The molecule has 1 aromatic rings. The van der Waals surface area contributed by atoms with Gasteiger partial charge in [-0.15, -0.1) is 0 Å². The second kappa shape index (κ2) is 5.07. The van der Waals surface area contributed by atoms with E-state index in [4.69, 9.17) is 16.3 Å². The number of nitrogens with one attached hydrogen (secondary N) is 1. The Balaban J connectivity index is 2.23. The lowest BCUT2D eigenvalue weighted by atomic mass is 9.95. The summed E-state index contributed by atoms with van der Waals surface area (Å²) in [6, 6.07) is 4.02. The summed E-state index contributed by atoms with van der Waals surface area (Å²) in [6.45, 7) is 4.35. The third kappa shape index (κ3) is 2.33. The Bertz CT molecular complexity index is 372. The van der Waals surface area contributed by atoms with E-state index in [1.807, 2.05) is 6.07 Å². The van der Waals surface area contributed by atoms with E-state index in [-0.39, 0.29) is 0 Å². The second-order valence-corrected chi connectivity index (χ2v) is 4.82. The lowest BCUT2D eigenvalue weighted by Gasteiger charge is -2.15. The number of halogens is 1. The minimum Gasteiger partial charge on any atom is -0.495 e. The van der Waals surface area contributed by atoms with Crippen molar-refractivity contribution in [2.75, 3.05) is 20.2 Å². The van der Waals surface area contributed by atoms with Gasteiger partial charge in [0.2, 0.25) is 0 Å². The number of aryl methyl sites for hydroxylation is 1. The molecule has 0 aromatic heterocycles. The molecule has 1 aromatic carbocycles. The van der Waals surface area contributed by atoms with E-state index in [2.05, 4.69) is 18.3 Å². The highest BCUT2D eigenvalue weighted by Gasteiger charge is 2.18. The first-order valence-corrected chi connectivity index (χ1v) is 6.13. The van der Waals surface area contributed by atoms with Gasteiger partial charge in [-0.25, -0.2) is 0 Å². The molecule has 0 bridgehead atoms. The largest absolute Gasteiger partial charge is 0.495 e. The van der Waals surface area contributed by atoms with Crippen LogP contribution in [-0.4, -0.2) is 20.2 Å². The molecule has 2 rings (SSSR count). The zero-order valence-electron chi connectivity index (χ0n) is 9.85. The second-order valence-electron chi connectivity index (χ2n) is 4.44. The summed E-state index contributed by atoms with van der Waals surface area (Å²) in [5, 5.41) is 4.17. The molecule has 0 amide bonds. The van der Waals surface area contributed by atoms with Gasteiger partial charge in [-0.1, -0.05) is 17.7 Å². The average Bonchev–Trinajstić information content (AvgIpc) is 2.77. The fourth-order valence-electron chi connectivity index (χ4n) is 2.28. The predicted octanol–water partition coefficient (Wildman–Crippen LogP) is 2.81. The molecule has 0 aliphatic carbocycles. The summed E-state index contributed by atoms with van der Waals surface area (Å²) in [5.41, 5.74) is 2.51. The number of ether oxygens (including phenoxy) is 1. The van der Waals surface area contributed by atoms with Gasteiger partial charge in [-0.3, -0.25) is 0 Å². The number of rotatable bonds is 3. The van der Waals surface area contributed by atoms with Crippen molar-refractivity contribution in [1.29, 1.82) is 0 Å². The van der Waals surface area contributed by atoms with Crippen LogP contribution in [0, 0.1) is 12.8 Å². The van der Waals surface area contributed by atoms with Gasteiger partial charge in [0.1, 0.15) is 5.75 Å². The van der Waals surface area contributed by atoms with Crippen LogP contribution < -0.4 is 10.1 Å². The number of hydrogen-bond donors (Lipinski definition) is 1. The van der Waals surface area contributed by atoms with Gasteiger partial charge in [0.25, 0.3) is 0 Å². The Morgan fingerprint density at radius 2 is 2.31 bits per heavy atom. The Hall–Kier alpha value is -0.730. The Morgan fingerprint density at radius 1 is 1.50 bits per heavy atom. The van der Waals surface area contributed by atoms with Crippen LogP contribution in [-0.2, 0) is 6.42 Å². The summed E-state index contributed by atoms with van der Waals surface area (Å²) >= 11 is 6.35. The van der Waals surface area contributed by atoms with Gasteiger partial charge in [0.15, 0.2) is 0 Å². The minimum atomic E-state index is 0.711. The maximum absolute atomic E-state index is 6.35. The third-order valence-electron chi connectivity index (χ3n) is 3.32. The van der Waals surface area contributed by atoms with E-state index in [1.165, 1.54) is 17.5 Å². The Labute approximate surface area is 102 Å². The smallest absolute Gasteiger partial charge is 0.137 e. The summed E-state index contributed by atoms with van der Waals surface area (Å²) in [6.07, 6.45) is 2.29. The third-order valence-corrected chi connectivity index (χ3v) is 3.73. The SMILES string of the molecule is COc1ccc(C)c(CC2CCNC2)c1Cl. The lowest BCUT2D eigenvalue weighted by molar-refractivity contribution is 0.414. The van der Waals surface area contributed by atoms with Crippen LogP contribution in [0.25, 0.3) is 0 Å². The maximum atomic E-state index is 6.35. The standard InChI is InChI=1S/C13H18ClNO/c1-9-3-4-12(16-2)13(14)11(9)7-10-5-6-15-8-10/h3-4,10,15H,5-8H2,1-2H3. The normalized spacial score (nSPS) is 20.1. The van der Waals surface area contributed by atoms with E-state index in [9.17, 15) is 0 Å². The highest BCUT2D eigenvalue weighted by atomic mass is 35.5. The van der Waals surface area contributed by atoms with Crippen LogP contribution in [0.1, 0.15) is 17.5 Å². The van der Waals surface area contributed by atoms with Crippen LogP contribution in [0.3, 0.4) is 0 Å². The van der Waals surface area contributed by atoms with E-state index < -0.39 is 0 Å². The molecule has 1 aliphatic heterocycles. The van der Waals surface area contributed by atoms with Gasteiger partial charge in [-0.05, 0) is 56.0 Å². The number of hydrogen-bond acceptors (Lipinski definition) is 2. The molecule has 88 valence electrons. The van der Waals surface area contributed by atoms with Gasteiger partial charge in [0.05, 0.1) is 12.1 Å². The van der Waals surface area contributed by atoms with Crippen LogP contribution in [0.15, 0.2) is 12.1 Å². The molecule has 1 fully saturated rings. The maximum Gasteiger partial charge on any atom is 0.137 e. The van der Waals surface area contributed by atoms with Crippen molar-refractivity contribution in [3.63, 3.8) is 0 Å². The molecule has 2 nitrogen and oxygen atoms in total. The Morgan fingerprint density at radius 3 is 2.94 bits per heavy atom. The van der Waals surface area contributed by atoms with Crippen LogP contribution in [0.2, 0.25) is 5.02 Å². The van der Waals surface area contributed by atoms with Crippen molar-refractivity contribution in [1.82, 2.24) is 5.32 Å². The molecular formula is C13H18ClNO. The van der Waals surface area contributed by atoms with Crippen molar-refractivity contribution in [3.05, 3.63) is 28.3 Å². The molecule has 0 saturated carbocycles. The first kappa shape index (κ1) is 11.7. The molecule has 1 heterocycles. The van der Waals surface area contributed by atoms with Crippen molar-refractivity contribution < 1.29 is 4.74 Å². The quantitative estimate of drug-likeness (QED) is 0.876. The molecule has 0 spiro atoms. The summed E-state index contributed by atoms with van der Waals surface area (Å²) < 4.78 is 5.26. The molecule has 1 N–H and O–H groups in total. The number of benzene rings is 1. The molecule has 1 atom stereocenters. The zero-order chi connectivity index (χ0) is 11.5. The van der Waals surface area contributed by atoms with Crippen LogP contribution in [0.5, 0.6) is 5.75 Å². The predicted molar refractivity (Wildman–Crippen MR) is 67.4 cm³/mol. The monoisotopic (exact) mass is 239 g/mol. The first-order chi connectivity index (χ1) is 7.72. The van der Waals surface area contributed by atoms with Gasteiger partial charge in [-0.2, -0.15) is 0 Å².